The Balaban J connectivity index is 1.54. The Kier molecular flexibility index (Phi) is 4.72. The van der Waals surface area contributed by atoms with Crippen LogP contribution in [0.3, 0.4) is 0 Å². The highest BCUT2D eigenvalue weighted by Crippen LogP contribution is 2.39. The van der Waals surface area contributed by atoms with Crippen LogP contribution in [-0.4, -0.2) is 30.4 Å². The molecule has 4 rings (SSSR count). The largest absolute Gasteiger partial charge is 0.467 e. The lowest BCUT2D eigenvalue weighted by molar-refractivity contribution is 0.0993. The van der Waals surface area contributed by atoms with Gasteiger partial charge in [-0.1, -0.05) is 11.8 Å². The van der Waals surface area contributed by atoms with Crippen LogP contribution in [0, 0.1) is 20.8 Å². The van der Waals surface area contributed by atoms with Crippen molar-refractivity contribution in [1.29, 1.82) is 0 Å². The van der Waals surface area contributed by atoms with Gasteiger partial charge in [-0.15, -0.1) is 10.2 Å². The molecule has 0 saturated heterocycles. The van der Waals surface area contributed by atoms with E-state index in [9.17, 15) is 4.79 Å². The molecule has 27 heavy (non-hydrogen) atoms. The molecule has 0 amide bonds. The van der Waals surface area contributed by atoms with E-state index in [4.69, 9.17) is 4.42 Å². The Labute approximate surface area is 163 Å². The maximum Gasteiger partial charge on any atom is 0.192 e. The predicted molar refractivity (Wildman–Crippen MR) is 104 cm³/mol. The van der Waals surface area contributed by atoms with Gasteiger partial charge in [-0.25, -0.2) is 0 Å². The Bertz CT molecular complexity index is 967. The number of nitrogens with zero attached hydrogens (tertiary/aromatic N) is 4. The normalized spacial score (nSPS) is 15.3. The van der Waals surface area contributed by atoms with E-state index < -0.39 is 0 Å². The van der Waals surface area contributed by atoms with E-state index in [1.54, 1.807) is 6.26 Å². The van der Waals surface area contributed by atoms with Crippen molar-refractivity contribution in [3.63, 3.8) is 0 Å². The van der Waals surface area contributed by atoms with Gasteiger partial charge in [-0.05, 0) is 58.7 Å². The van der Waals surface area contributed by atoms with Crippen LogP contribution in [-0.2, 0) is 6.54 Å². The number of rotatable bonds is 7. The van der Waals surface area contributed by atoms with Gasteiger partial charge in [0, 0.05) is 23.0 Å². The zero-order valence-corrected chi connectivity index (χ0v) is 16.9. The molecule has 3 aromatic rings. The molecule has 142 valence electrons. The Morgan fingerprint density at radius 3 is 2.78 bits per heavy atom. The summed E-state index contributed by atoms with van der Waals surface area (Å²) in [5, 5.41) is 9.13. The number of hydrogen-bond acceptors (Lipinski definition) is 5. The van der Waals surface area contributed by atoms with Crippen molar-refractivity contribution in [2.75, 3.05) is 0 Å². The molecule has 0 N–H and O–H groups in total. The average Bonchev–Trinajstić information content (AvgIpc) is 3.09. The minimum absolute atomic E-state index is 0.127. The summed E-state index contributed by atoms with van der Waals surface area (Å²) in [5.74, 6) is 1.93. The molecule has 3 aromatic heterocycles. The standard InChI is InChI=1S/C20H24N4O2S/c1-12-10-18(13(2)23(12)11-17-6-5-9-26-17)19(25)14(3)27-20-22-21-15(4)24(20)16-7-8-16/h5-6,9-10,14,16H,7-8,11H2,1-4H3/t14-/m1/s1. The molecule has 1 fully saturated rings. The highest BCUT2D eigenvalue weighted by molar-refractivity contribution is 8.00. The first kappa shape index (κ1) is 18.1. The fraction of sp³-hybridized carbons (Fsp3) is 0.450. The Morgan fingerprint density at radius 1 is 1.33 bits per heavy atom. The van der Waals surface area contributed by atoms with Crippen molar-refractivity contribution in [3.8, 4) is 0 Å². The van der Waals surface area contributed by atoms with Crippen LogP contribution in [0.25, 0.3) is 0 Å². The van der Waals surface area contributed by atoms with Gasteiger partial charge in [0.1, 0.15) is 11.6 Å². The van der Waals surface area contributed by atoms with Gasteiger partial charge < -0.3 is 13.6 Å². The van der Waals surface area contributed by atoms with Gasteiger partial charge in [-0.3, -0.25) is 4.79 Å². The van der Waals surface area contributed by atoms with Crippen LogP contribution >= 0.6 is 11.8 Å². The van der Waals surface area contributed by atoms with E-state index in [1.165, 1.54) is 24.6 Å². The second kappa shape index (κ2) is 7.03. The fourth-order valence-corrected chi connectivity index (χ4v) is 4.50. The van der Waals surface area contributed by atoms with Crippen molar-refractivity contribution in [1.82, 2.24) is 19.3 Å². The van der Waals surface area contributed by atoms with Gasteiger partial charge in [0.05, 0.1) is 18.1 Å². The minimum Gasteiger partial charge on any atom is -0.467 e. The molecule has 1 aliphatic rings. The summed E-state index contributed by atoms with van der Waals surface area (Å²) in [6, 6.07) is 6.32. The molecule has 7 heteroatoms. The van der Waals surface area contributed by atoms with Crippen molar-refractivity contribution in [3.05, 3.63) is 53.0 Å². The third-order valence-corrected chi connectivity index (χ3v) is 6.19. The number of ketones is 1. The number of hydrogen-bond donors (Lipinski definition) is 0. The Morgan fingerprint density at radius 2 is 2.11 bits per heavy atom. The third-order valence-electron chi connectivity index (χ3n) is 5.13. The highest BCUT2D eigenvalue weighted by Gasteiger charge is 2.30. The molecule has 0 aromatic carbocycles. The summed E-state index contributed by atoms with van der Waals surface area (Å²) in [4.78, 5) is 13.1. The molecule has 0 spiro atoms. The summed E-state index contributed by atoms with van der Waals surface area (Å²) in [5.41, 5.74) is 2.80. The van der Waals surface area contributed by atoms with Crippen LogP contribution in [0.1, 0.15) is 59.1 Å². The van der Waals surface area contributed by atoms with E-state index in [2.05, 4.69) is 19.3 Å². The summed E-state index contributed by atoms with van der Waals surface area (Å²) >= 11 is 1.50. The molecule has 0 unspecified atom stereocenters. The smallest absolute Gasteiger partial charge is 0.192 e. The van der Waals surface area contributed by atoms with Crippen LogP contribution in [0.5, 0.6) is 0 Å². The zero-order valence-electron chi connectivity index (χ0n) is 16.1. The average molecular weight is 385 g/mol. The molecular weight excluding hydrogens is 360 g/mol. The summed E-state index contributed by atoms with van der Waals surface area (Å²) in [6.07, 6.45) is 4.01. The van der Waals surface area contributed by atoms with Gasteiger partial charge in [0.25, 0.3) is 0 Å². The number of Topliss-reactive ketones (excluding diaryl/α,β-unsaturated/α-hetero) is 1. The molecule has 3 heterocycles. The van der Waals surface area contributed by atoms with Gasteiger partial charge in [0.15, 0.2) is 10.9 Å². The topological polar surface area (TPSA) is 65.8 Å². The van der Waals surface area contributed by atoms with Crippen molar-refractivity contribution < 1.29 is 9.21 Å². The SMILES string of the molecule is Cc1cc(C(=O)[C@@H](C)Sc2nnc(C)n2C2CC2)c(C)n1Cc1ccco1. The van der Waals surface area contributed by atoms with Crippen molar-refractivity contribution >= 4 is 17.5 Å². The number of carbonyl (C=O) groups is 1. The molecular formula is C20H24N4O2S. The molecule has 1 saturated carbocycles. The molecule has 1 atom stereocenters. The summed E-state index contributed by atoms with van der Waals surface area (Å²) in [7, 11) is 0. The number of aromatic nitrogens is 4. The number of furan rings is 1. The Hall–Kier alpha value is -2.28. The van der Waals surface area contributed by atoms with Gasteiger partial charge >= 0.3 is 0 Å². The monoisotopic (exact) mass is 384 g/mol. The number of thioether (sulfide) groups is 1. The van der Waals surface area contributed by atoms with E-state index >= 15 is 0 Å². The lowest BCUT2D eigenvalue weighted by Crippen LogP contribution is -2.16. The molecule has 0 aliphatic heterocycles. The van der Waals surface area contributed by atoms with Crippen molar-refractivity contribution in [2.45, 2.75) is 63.5 Å². The van der Waals surface area contributed by atoms with Crippen LogP contribution < -0.4 is 0 Å². The number of carbonyl (C=O) groups excluding carboxylic acids is 1. The lowest BCUT2D eigenvalue weighted by atomic mass is 10.1. The molecule has 1 aliphatic carbocycles. The molecule has 6 nitrogen and oxygen atoms in total. The second-order valence-electron chi connectivity index (χ2n) is 7.21. The first-order valence-corrected chi connectivity index (χ1v) is 10.1. The van der Waals surface area contributed by atoms with E-state index in [0.717, 1.165) is 33.7 Å². The zero-order chi connectivity index (χ0) is 19.1. The van der Waals surface area contributed by atoms with Crippen molar-refractivity contribution in [2.24, 2.45) is 0 Å². The first-order valence-electron chi connectivity index (χ1n) is 9.27. The maximum atomic E-state index is 13.1. The quantitative estimate of drug-likeness (QED) is 0.448. The molecule has 0 radical (unpaired) electrons. The minimum atomic E-state index is -0.219. The first-order chi connectivity index (χ1) is 13.0. The number of aryl methyl sites for hydroxylation is 2. The predicted octanol–water partition coefficient (Wildman–Crippen LogP) is 4.34. The highest BCUT2D eigenvalue weighted by atomic mass is 32.2. The lowest BCUT2D eigenvalue weighted by Gasteiger charge is -2.12. The van der Waals surface area contributed by atoms with Crippen LogP contribution in [0.2, 0.25) is 0 Å². The van der Waals surface area contributed by atoms with Crippen LogP contribution in [0.4, 0.5) is 0 Å². The second-order valence-corrected chi connectivity index (χ2v) is 8.51. The van der Waals surface area contributed by atoms with Gasteiger partial charge in [0.2, 0.25) is 0 Å². The van der Waals surface area contributed by atoms with Gasteiger partial charge in [-0.2, -0.15) is 0 Å². The third kappa shape index (κ3) is 3.48. The fourth-order valence-electron chi connectivity index (χ4n) is 3.47. The van der Waals surface area contributed by atoms with Crippen LogP contribution in [0.15, 0.2) is 34.0 Å². The van der Waals surface area contributed by atoms with E-state index in [1.807, 2.05) is 45.9 Å². The summed E-state index contributed by atoms with van der Waals surface area (Å²) < 4.78 is 9.76. The van der Waals surface area contributed by atoms with E-state index in [0.29, 0.717) is 12.6 Å². The summed E-state index contributed by atoms with van der Waals surface area (Å²) in [6.45, 7) is 8.58. The molecule has 0 bridgehead atoms. The maximum absolute atomic E-state index is 13.1. The van der Waals surface area contributed by atoms with E-state index in [-0.39, 0.29) is 11.0 Å².